The fraction of sp³-hybridized carbons (Fsp3) is 0.333. The van der Waals surface area contributed by atoms with Gasteiger partial charge < -0.3 is 10.2 Å². The van der Waals surface area contributed by atoms with Crippen LogP contribution in [0, 0.1) is 6.92 Å². The Morgan fingerprint density at radius 1 is 1.25 bits per heavy atom. The first-order valence-corrected chi connectivity index (χ1v) is 6.83. The minimum Gasteiger partial charge on any atom is -0.325 e. The van der Waals surface area contributed by atoms with E-state index in [0.29, 0.717) is 6.42 Å². The maximum absolute atomic E-state index is 11.8. The van der Waals surface area contributed by atoms with E-state index < -0.39 is 0 Å². The lowest BCUT2D eigenvalue weighted by Crippen LogP contribution is -2.27. The summed E-state index contributed by atoms with van der Waals surface area (Å²) >= 11 is 0. The number of hydrogen-bond donors (Lipinski definition) is 1. The molecule has 1 N–H and O–H groups in total. The van der Waals surface area contributed by atoms with E-state index >= 15 is 0 Å². The first-order valence-electron chi connectivity index (χ1n) is 6.83. The number of aryl methyl sites for hydroxylation is 2. The van der Waals surface area contributed by atoms with Crippen molar-refractivity contribution in [2.45, 2.75) is 19.8 Å². The topological polar surface area (TPSA) is 50.2 Å². The minimum atomic E-state index is 0.0649. The predicted molar refractivity (Wildman–Crippen MR) is 79.3 cm³/mol. The number of hydrogen-bond acceptors (Lipinski definition) is 3. The summed E-state index contributed by atoms with van der Waals surface area (Å²) in [6.07, 6.45) is 1.36. The molecule has 0 spiro atoms. The first kappa shape index (κ1) is 12.7. The highest BCUT2D eigenvalue weighted by Gasteiger charge is 2.24. The summed E-state index contributed by atoms with van der Waals surface area (Å²) < 4.78 is 1.84. The fourth-order valence-electron chi connectivity index (χ4n) is 2.67. The van der Waals surface area contributed by atoms with Crippen LogP contribution in [0.3, 0.4) is 0 Å². The molecule has 0 fully saturated rings. The average molecular weight is 270 g/mol. The van der Waals surface area contributed by atoms with Gasteiger partial charge in [-0.05, 0) is 25.5 Å². The molecule has 1 aliphatic heterocycles. The molecule has 20 heavy (non-hydrogen) atoms. The lowest BCUT2D eigenvalue weighted by Gasteiger charge is -2.27. The molecule has 0 bridgehead atoms. The summed E-state index contributed by atoms with van der Waals surface area (Å²) in [5.74, 6) is 1.01. The molecule has 5 nitrogen and oxygen atoms in total. The van der Waals surface area contributed by atoms with E-state index in [1.807, 2.05) is 36.9 Å². The number of anilines is 3. The summed E-state index contributed by atoms with van der Waals surface area (Å²) in [5.41, 5.74) is 2.78. The third-order valence-corrected chi connectivity index (χ3v) is 3.57. The number of carbonyl (C=O) groups is 1. The molecule has 104 valence electrons. The summed E-state index contributed by atoms with van der Waals surface area (Å²) in [6.45, 7) is 2.73. The Morgan fingerprint density at radius 2 is 2.00 bits per heavy atom. The van der Waals surface area contributed by atoms with Crippen LogP contribution >= 0.6 is 0 Å². The molecule has 1 aliphatic rings. The lowest BCUT2D eigenvalue weighted by molar-refractivity contribution is -0.116. The van der Waals surface area contributed by atoms with Crippen LogP contribution < -0.4 is 10.2 Å². The van der Waals surface area contributed by atoms with Crippen LogP contribution in [0.1, 0.15) is 18.5 Å². The van der Waals surface area contributed by atoms with Crippen molar-refractivity contribution >= 4 is 23.1 Å². The molecular formula is C15H18N4O. The van der Waals surface area contributed by atoms with Gasteiger partial charge in [-0.1, -0.05) is 18.2 Å². The smallest absolute Gasteiger partial charge is 0.224 e. The highest BCUT2D eigenvalue weighted by molar-refractivity contribution is 5.96. The van der Waals surface area contributed by atoms with Crippen LogP contribution in [0.5, 0.6) is 0 Å². The number of benzene rings is 1. The van der Waals surface area contributed by atoms with Crippen LogP contribution in [-0.4, -0.2) is 22.2 Å². The zero-order valence-electron chi connectivity index (χ0n) is 11.8. The van der Waals surface area contributed by atoms with E-state index in [1.165, 1.54) is 0 Å². The number of carbonyl (C=O) groups excluding carboxylic acids is 1. The van der Waals surface area contributed by atoms with Crippen molar-refractivity contribution in [2.24, 2.45) is 7.05 Å². The van der Waals surface area contributed by atoms with Gasteiger partial charge in [0.05, 0.1) is 5.69 Å². The van der Waals surface area contributed by atoms with Crippen LogP contribution in [0.15, 0.2) is 30.3 Å². The van der Waals surface area contributed by atoms with Gasteiger partial charge in [0.25, 0.3) is 0 Å². The average Bonchev–Trinajstić information content (AvgIpc) is 2.68. The summed E-state index contributed by atoms with van der Waals surface area (Å²) in [7, 11) is 1.91. The van der Waals surface area contributed by atoms with Gasteiger partial charge >= 0.3 is 0 Å². The van der Waals surface area contributed by atoms with Gasteiger partial charge in [-0.15, -0.1) is 0 Å². The van der Waals surface area contributed by atoms with E-state index in [1.54, 1.807) is 0 Å². The highest BCUT2D eigenvalue weighted by atomic mass is 16.1. The largest absolute Gasteiger partial charge is 0.325 e. The van der Waals surface area contributed by atoms with Crippen molar-refractivity contribution < 1.29 is 4.79 Å². The highest BCUT2D eigenvalue weighted by Crippen LogP contribution is 2.35. The minimum absolute atomic E-state index is 0.0649. The molecule has 0 aliphatic carbocycles. The predicted octanol–water partition coefficient (Wildman–Crippen LogP) is 2.60. The van der Waals surface area contributed by atoms with Crippen molar-refractivity contribution in [2.75, 3.05) is 16.8 Å². The Labute approximate surface area is 118 Å². The van der Waals surface area contributed by atoms with Gasteiger partial charge in [-0.25, -0.2) is 0 Å². The van der Waals surface area contributed by atoms with E-state index in [-0.39, 0.29) is 5.91 Å². The van der Waals surface area contributed by atoms with Crippen LogP contribution in [0.25, 0.3) is 0 Å². The van der Waals surface area contributed by atoms with Crippen molar-refractivity contribution in [1.82, 2.24) is 9.78 Å². The van der Waals surface area contributed by atoms with Crippen LogP contribution in [0.2, 0.25) is 0 Å². The Morgan fingerprint density at radius 3 is 2.75 bits per heavy atom. The third-order valence-electron chi connectivity index (χ3n) is 3.57. The zero-order valence-corrected chi connectivity index (χ0v) is 11.8. The molecule has 0 atom stereocenters. The number of aromatic nitrogens is 2. The molecule has 2 heterocycles. The standard InChI is InChI=1S/C15H18N4O/c1-11-14-15(18(2)17-11)19(10-6-9-13(20)16-14)12-7-4-3-5-8-12/h3-5,7-8H,6,9-10H2,1-2H3,(H,16,20). The van der Waals surface area contributed by atoms with Gasteiger partial charge in [-0.3, -0.25) is 9.48 Å². The Kier molecular flexibility index (Phi) is 3.18. The second-order valence-electron chi connectivity index (χ2n) is 5.05. The quantitative estimate of drug-likeness (QED) is 0.866. The van der Waals surface area contributed by atoms with Crippen molar-refractivity contribution in [3.8, 4) is 0 Å². The molecule has 0 saturated carbocycles. The van der Waals surface area contributed by atoms with Gasteiger partial charge in [0, 0.05) is 25.7 Å². The summed E-state index contributed by atoms with van der Waals surface area (Å²) in [5, 5.41) is 7.43. The fourth-order valence-corrected chi connectivity index (χ4v) is 2.67. The van der Waals surface area contributed by atoms with E-state index in [4.69, 9.17) is 0 Å². The summed E-state index contributed by atoms with van der Waals surface area (Å²) in [4.78, 5) is 14.1. The number of nitrogens with zero attached hydrogens (tertiary/aromatic N) is 3. The van der Waals surface area contributed by atoms with Gasteiger partial charge in [-0.2, -0.15) is 5.10 Å². The zero-order chi connectivity index (χ0) is 14.1. The van der Waals surface area contributed by atoms with E-state index in [2.05, 4.69) is 27.4 Å². The maximum Gasteiger partial charge on any atom is 0.224 e. The molecule has 3 rings (SSSR count). The van der Waals surface area contributed by atoms with Gasteiger partial charge in [0.1, 0.15) is 5.69 Å². The molecule has 0 unspecified atom stereocenters. The van der Waals surface area contributed by atoms with Gasteiger partial charge in [0.15, 0.2) is 5.82 Å². The van der Waals surface area contributed by atoms with Crippen LogP contribution in [0.4, 0.5) is 17.2 Å². The Hall–Kier alpha value is -2.30. The molecule has 5 heteroatoms. The number of nitrogens with one attached hydrogen (secondary N) is 1. The number of fused-ring (bicyclic) bond motifs is 1. The molecule has 1 amide bonds. The normalized spacial score (nSPS) is 15.3. The van der Waals surface area contributed by atoms with Crippen LogP contribution in [-0.2, 0) is 11.8 Å². The molecule has 2 aromatic rings. The first-order chi connectivity index (χ1) is 9.66. The maximum atomic E-state index is 11.8. The second kappa shape index (κ2) is 5.00. The number of amides is 1. The molecule has 1 aromatic carbocycles. The number of rotatable bonds is 1. The second-order valence-corrected chi connectivity index (χ2v) is 5.05. The molecule has 1 aromatic heterocycles. The van der Waals surface area contributed by atoms with E-state index in [9.17, 15) is 4.79 Å². The SMILES string of the molecule is Cc1nn(C)c2c1NC(=O)CCCN2c1ccccc1. The third kappa shape index (κ3) is 2.15. The van der Waals surface area contributed by atoms with E-state index in [0.717, 1.165) is 35.9 Å². The van der Waals surface area contributed by atoms with Crippen molar-refractivity contribution in [1.29, 1.82) is 0 Å². The van der Waals surface area contributed by atoms with Crippen molar-refractivity contribution in [3.05, 3.63) is 36.0 Å². The molecular weight excluding hydrogens is 252 g/mol. The van der Waals surface area contributed by atoms with Crippen molar-refractivity contribution in [3.63, 3.8) is 0 Å². The van der Waals surface area contributed by atoms with Gasteiger partial charge in [0.2, 0.25) is 5.91 Å². The monoisotopic (exact) mass is 270 g/mol. The lowest BCUT2D eigenvalue weighted by atomic mass is 10.2. The number of para-hydroxylation sites is 1. The molecule has 0 radical (unpaired) electrons. The molecule has 0 saturated heterocycles. The summed E-state index contributed by atoms with van der Waals surface area (Å²) in [6, 6.07) is 10.2. The Balaban J connectivity index is 2.13. The Bertz CT molecular complexity index is 633.